The summed E-state index contributed by atoms with van der Waals surface area (Å²) in [7, 11) is 0. The van der Waals surface area contributed by atoms with Crippen molar-refractivity contribution in [3.8, 4) is 16.9 Å². The summed E-state index contributed by atoms with van der Waals surface area (Å²) in [6.45, 7) is 10.8. The van der Waals surface area contributed by atoms with E-state index >= 15 is 0 Å². The lowest BCUT2D eigenvalue weighted by Crippen LogP contribution is -2.41. The molecule has 0 aliphatic rings. The van der Waals surface area contributed by atoms with Crippen molar-refractivity contribution in [2.24, 2.45) is 0 Å². The Bertz CT molecular complexity index is 1400. The molecular weight excluding hydrogens is 498 g/mol. The third-order valence-corrected chi connectivity index (χ3v) is 6.77. The van der Waals surface area contributed by atoms with Gasteiger partial charge < -0.3 is 15.5 Å². The van der Waals surface area contributed by atoms with Gasteiger partial charge in [-0.05, 0) is 41.5 Å². The minimum Gasteiger partial charge on any atom is -0.315 e. The van der Waals surface area contributed by atoms with Crippen LogP contribution >= 0.6 is 0 Å². The summed E-state index contributed by atoms with van der Waals surface area (Å²) < 4.78 is 1.72. The Kier molecular flexibility index (Phi) is 9.38. The molecule has 0 atom stereocenters. The Morgan fingerprint density at radius 2 is 1.43 bits per heavy atom. The molecule has 7 heteroatoms. The van der Waals surface area contributed by atoms with Crippen molar-refractivity contribution in [3.63, 3.8) is 0 Å². The predicted octanol–water partition coefficient (Wildman–Crippen LogP) is 7.67. The van der Waals surface area contributed by atoms with Gasteiger partial charge >= 0.3 is 6.03 Å². The van der Waals surface area contributed by atoms with E-state index in [2.05, 4.69) is 50.5 Å². The van der Waals surface area contributed by atoms with Crippen molar-refractivity contribution in [1.29, 1.82) is 0 Å². The number of anilines is 2. The number of para-hydroxylation sites is 2. The molecule has 3 aromatic carbocycles. The van der Waals surface area contributed by atoms with Crippen molar-refractivity contribution in [3.05, 3.63) is 96.1 Å². The minimum atomic E-state index is -0.290. The van der Waals surface area contributed by atoms with Crippen molar-refractivity contribution in [2.45, 2.75) is 52.9 Å². The van der Waals surface area contributed by atoms with Crippen LogP contribution in [0.5, 0.6) is 0 Å². The fourth-order valence-electron chi connectivity index (χ4n) is 4.75. The molecule has 0 spiro atoms. The molecule has 0 saturated carbocycles. The van der Waals surface area contributed by atoms with E-state index in [4.69, 9.17) is 5.10 Å². The molecule has 4 aromatic rings. The summed E-state index contributed by atoms with van der Waals surface area (Å²) in [6.07, 6.45) is 0.726. The van der Waals surface area contributed by atoms with Crippen LogP contribution in [0.25, 0.3) is 16.9 Å². The molecule has 0 unspecified atom stereocenters. The number of aromatic nitrogens is 2. The van der Waals surface area contributed by atoms with E-state index in [-0.39, 0.29) is 30.3 Å². The average Bonchev–Trinajstić information content (AvgIpc) is 3.37. The van der Waals surface area contributed by atoms with Gasteiger partial charge in [-0.1, -0.05) is 101 Å². The van der Waals surface area contributed by atoms with Gasteiger partial charge in [-0.15, -0.1) is 0 Å². The number of nitrogens with one attached hydrogen (secondary N) is 2. The van der Waals surface area contributed by atoms with Gasteiger partial charge in [-0.3, -0.25) is 4.79 Å². The summed E-state index contributed by atoms with van der Waals surface area (Å²) in [5.41, 5.74) is 5.53. The normalized spacial score (nSPS) is 11.1. The van der Waals surface area contributed by atoms with Crippen molar-refractivity contribution >= 4 is 23.4 Å². The largest absolute Gasteiger partial charge is 0.322 e. The Balaban J connectivity index is 1.57. The number of carbonyl (C=O) groups excluding carboxylic acids is 2. The van der Waals surface area contributed by atoms with Crippen LogP contribution in [0, 0.1) is 0 Å². The lowest BCUT2D eigenvalue weighted by Gasteiger charge is -2.25. The highest BCUT2D eigenvalue weighted by atomic mass is 16.2. The van der Waals surface area contributed by atoms with Crippen LogP contribution in [0.15, 0.2) is 84.9 Å². The predicted molar refractivity (Wildman–Crippen MR) is 163 cm³/mol. The molecule has 4 rings (SSSR count). The summed E-state index contributed by atoms with van der Waals surface area (Å²) in [4.78, 5) is 28.5. The van der Waals surface area contributed by atoms with Gasteiger partial charge in [0.05, 0.1) is 11.4 Å². The zero-order valence-electron chi connectivity index (χ0n) is 24.0. The molecule has 0 aliphatic carbocycles. The summed E-state index contributed by atoms with van der Waals surface area (Å²) in [5, 5.41) is 10.9. The number of hydrogen-bond donors (Lipinski definition) is 2. The van der Waals surface area contributed by atoms with Crippen molar-refractivity contribution in [2.75, 3.05) is 23.7 Å². The third kappa shape index (κ3) is 6.78. The second-order valence-corrected chi connectivity index (χ2v) is 10.5. The van der Waals surface area contributed by atoms with Gasteiger partial charge in [0.15, 0.2) is 0 Å². The molecule has 0 radical (unpaired) electrons. The highest BCUT2D eigenvalue weighted by molar-refractivity contribution is 5.97. The first-order valence-corrected chi connectivity index (χ1v) is 14.0. The number of nitrogens with zero attached hydrogens (tertiary/aromatic N) is 3. The summed E-state index contributed by atoms with van der Waals surface area (Å²) in [5.74, 6) is 0.740. The molecule has 40 heavy (non-hydrogen) atoms. The van der Waals surface area contributed by atoms with Crippen LogP contribution in [-0.4, -0.2) is 39.7 Å². The van der Waals surface area contributed by atoms with E-state index in [0.29, 0.717) is 12.4 Å². The second-order valence-electron chi connectivity index (χ2n) is 10.5. The first kappa shape index (κ1) is 28.6. The lowest BCUT2D eigenvalue weighted by atomic mass is 9.93. The maximum atomic E-state index is 13.5. The van der Waals surface area contributed by atoms with Crippen LogP contribution in [0.2, 0.25) is 0 Å². The zero-order chi connectivity index (χ0) is 28.6. The molecule has 0 bridgehead atoms. The molecule has 208 valence electrons. The molecule has 0 fully saturated rings. The van der Waals surface area contributed by atoms with Gasteiger partial charge in [0.1, 0.15) is 12.4 Å². The Morgan fingerprint density at radius 1 is 0.825 bits per heavy atom. The quantitative estimate of drug-likeness (QED) is 0.218. The van der Waals surface area contributed by atoms with Crippen LogP contribution in [0.1, 0.15) is 64.0 Å². The fourth-order valence-corrected chi connectivity index (χ4v) is 4.75. The van der Waals surface area contributed by atoms with Crippen LogP contribution < -0.4 is 10.6 Å². The average molecular weight is 538 g/mol. The number of rotatable bonds is 10. The van der Waals surface area contributed by atoms with Crippen LogP contribution in [0.4, 0.5) is 16.3 Å². The fraction of sp³-hybridized carbons (Fsp3) is 0.303. The smallest absolute Gasteiger partial charge is 0.315 e. The molecule has 0 saturated heterocycles. The van der Waals surface area contributed by atoms with Gasteiger partial charge in [0.25, 0.3) is 0 Å². The van der Waals surface area contributed by atoms with Gasteiger partial charge in [-0.2, -0.15) is 5.10 Å². The molecule has 2 N–H and O–H groups in total. The van der Waals surface area contributed by atoms with Crippen LogP contribution in [0.3, 0.4) is 0 Å². The van der Waals surface area contributed by atoms with Crippen molar-refractivity contribution < 1.29 is 9.59 Å². The third-order valence-electron chi connectivity index (χ3n) is 6.77. The number of carbonyl (C=O) groups is 2. The minimum absolute atomic E-state index is 0.0822. The molecule has 7 nitrogen and oxygen atoms in total. The van der Waals surface area contributed by atoms with E-state index in [0.717, 1.165) is 40.2 Å². The molecule has 1 heterocycles. The van der Waals surface area contributed by atoms with Gasteiger partial charge in [0.2, 0.25) is 5.91 Å². The first-order valence-electron chi connectivity index (χ1n) is 14.0. The van der Waals surface area contributed by atoms with Crippen LogP contribution in [-0.2, 0) is 4.79 Å². The van der Waals surface area contributed by atoms with Crippen molar-refractivity contribution in [1.82, 2.24) is 14.7 Å². The van der Waals surface area contributed by atoms with E-state index in [1.54, 1.807) is 9.58 Å². The maximum absolute atomic E-state index is 13.5. The van der Waals surface area contributed by atoms with Gasteiger partial charge in [0, 0.05) is 23.9 Å². The molecule has 3 amide bonds. The topological polar surface area (TPSA) is 79.3 Å². The van der Waals surface area contributed by atoms with E-state index in [1.165, 1.54) is 0 Å². The SMILES string of the molecule is CCCN(CC(=O)Nc1cc(-c2ccccc2)nn1-c1ccccc1)C(=O)Nc1c(C(C)C)cccc1C(C)C. The highest BCUT2D eigenvalue weighted by Gasteiger charge is 2.22. The number of urea groups is 1. The summed E-state index contributed by atoms with van der Waals surface area (Å²) in [6, 6.07) is 27.2. The standard InChI is InChI=1S/C33H39N5O2/c1-6-20-37(33(40)35-32-27(23(2)3)18-13-19-28(32)24(4)5)22-31(39)34-30-21-29(25-14-9-7-10-15-25)36-38(30)26-16-11-8-12-17-26/h7-19,21,23-24H,6,20,22H2,1-5H3,(H,34,39)(H,35,40). The Labute approximate surface area is 237 Å². The summed E-state index contributed by atoms with van der Waals surface area (Å²) >= 11 is 0. The Hall–Kier alpha value is -4.39. The monoisotopic (exact) mass is 537 g/mol. The maximum Gasteiger partial charge on any atom is 0.322 e. The number of amides is 3. The first-order chi connectivity index (χ1) is 19.3. The Morgan fingerprint density at radius 3 is 2.00 bits per heavy atom. The molecular formula is C33H39N5O2. The van der Waals surface area contributed by atoms with E-state index in [1.807, 2.05) is 79.7 Å². The van der Waals surface area contributed by atoms with E-state index in [9.17, 15) is 9.59 Å². The van der Waals surface area contributed by atoms with Gasteiger partial charge in [-0.25, -0.2) is 9.48 Å². The molecule has 0 aliphatic heterocycles. The zero-order valence-corrected chi connectivity index (χ0v) is 24.0. The number of benzene rings is 3. The number of hydrogen-bond acceptors (Lipinski definition) is 3. The lowest BCUT2D eigenvalue weighted by molar-refractivity contribution is -0.116. The second kappa shape index (κ2) is 13.1. The highest BCUT2D eigenvalue weighted by Crippen LogP contribution is 2.32. The molecule has 1 aromatic heterocycles. The van der Waals surface area contributed by atoms with E-state index < -0.39 is 0 Å².